The molecule has 1 unspecified atom stereocenters. The lowest BCUT2D eigenvalue weighted by atomic mass is 10.0. The molecule has 4 N–H and O–H groups in total. The fraction of sp³-hybridized carbons (Fsp3) is 0.667. The molecule has 1 fully saturated rings. The van der Waals surface area contributed by atoms with E-state index in [1.165, 1.54) is 0 Å². The number of hydrogen-bond donors (Lipinski definition) is 3. The van der Waals surface area contributed by atoms with E-state index in [0.29, 0.717) is 5.56 Å². The van der Waals surface area contributed by atoms with Crippen LogP contribution in [0.15, 0.2) is 5.16 Å². The van der Waals surface area contributed by atoms with Crippen LogP contribution >= 0.6 is 0 Å². The van der Waals surface area contributed by atoms with Crippen LogP contribution in [0.4, 0.5) is 5.82 Å². The highest BCUT2D eigenvalue weighted by molar-refractivity contribution is 6.02. The van der Waals surface area contributed by atoms with Gasteiger partial charge in [0, 0.05) is 13.6 Å². The van der Waals surface area contributed by atoms with Crippen molar-refractivity contribution in [1.29, 1.82) is 0 Å². The standard InChI is InChI=1S/C12H21N5O2/c1-8-10(11(13)15-19)12(16(2)14-8)17-6-4-3-5-9(17)7-18/h9,18-19H,3-7H2,1-2H3,(H2,13,15). The van der Waals surface area contributed by atoms with Crippen molar-refractivity contribution in [3.8, 4) is 0 Å². The normalized spacial score (nSPS) is 20.9. The van der Waals surface area contributed by atoms with Crippen molar-refractivity contribution in [3.63, 3.8) is 0 Å². The number of aliphatic hydroxyl groups is 1. The van der Waals surface area contributed by atoms with Gasteiger partial charge < -0.3 is 20.9 Å². The Labute approximate surface area is 112 Å². The fourth-order valence-corrected chi connectivity index (χ4v) is 2.79. The molecular formula is C12H21N5O2. The average molecular weight is 267 g/mol. The van der Waals surface area contributed by atoms with Crippen molar-refractivity contribution in [2.45, 2.75) is 32.2 Å². The van der Waals surface area contributed by atoms with Crippen molar-refractivity contribution < 1.29 is 10.3 Å². The molecule has 0 radical (unpaired) electrons. The first-order valence-electron chi connectivity index (χ1n) is 6.49. The fourth-order valence-electron chi connectivity index (χ4n) is 2.79. The minimum Gasteiger partial charge on any atom is -0.409 e. The van der Waals surface area contributed by atoms with Gasteiger partial charge in [0.05, 0.1) is 23.9 Å². The maximum absolute atomic E-state index is 9.52. The van der Waals surface area contributed by atoms with Crippen LogP contribution in [-0.2, 0) is 7.05 Å². The second-order valence-electron chi connectivity index (χ2n) is 4.92. The molecule has 0 saturated carbocycles. The Balaban J connectivity index is 2.48. The Morgan fingerprint density at radius 3 is 2.89 bits per heavy atom. The van der Waals surface area contributed by atoms with Crippen molar-refractivity contribution >= 4 is 11.7 Å². The summed E-state index contributed by atoms with van der Waals surface area (Å²) < 4.78 is 1.73. The highest BCUT2D eigenvalue weighted by Gasteiger charge is 2.29. The number of oxime groups is 1. The first-order chi connectivity index (χ1) is 9.10. The maximum Gasteiger partial charge on any atom is 0.175 e. The van der Waals surface area contributed by atoms with Gasteiger partial charge in [-0.15, -0.1) is 0 Å². The smallest absolute Gasteiger partial charge is 0.175 e. The van der Waals surface area contributed by atoms with Gasteiger partial charge in [0.2, 0.25) is 0 Å². The van der Waals surface area contributed by atoms with Crippen LogP contribution in [0.3, 0.4) is 0 Å². The van der Waals surface area contributed by atoms with E-state index in [4.69, 9.17) is 10.9 Å². The number of aliphatic hydroxyl groups excluding tert-OH is 1. The highest BCUT2D eigenvalue weighted by Crippen LogP contribution is 2.29. The van der Waals surface area contributed by atoms with E-state index >= 15 is 0 Å². The molecule has 7 heteroatoms. The number of piperidine rings is 1. The molecule has 1 atom stereocenters. The molecule has 0 aliphatic carbocycles. The molecule has 0 aromatic carbocycles. The van der Waals surface area contributed by atoms with Gasteiger partial charge in [-0.2, -0.15) is 5.10 Å². The van der Waals surface area contributed by atoms with Crippen molar-refractivity contribution in [3.05, 3.63) is 11.3 Å². The molecule has 106 valence electrons. The molecule has 7 nitrogen and oxygen atoms in total. The van der Waals surface area contributed by atoms with Gasteiger partial charge in [-0.05, 0) is 26.2 Å². The number of nitrogens with zero attached hydrogens (tertiary/aromatic N) is 4. The molecule has 1 aromatic rings. The molecule has 2 heterocycles. The molecule has 2 rings (SSSR count). The number of hydrogen-bond acceptors (Lipinski definition) is 5. The summed E-state index contributed by atoms with van der Waals surface area (Å²) >= 11 is 0. The number of nitrogens with two attached hydrogens (primary N) is 1. The summed E-state index contributed by atoms with van der Waals surface area (Å²) in [6, 6.07) is 0.0637. The predicted octanol–water partition coefficient (Wildman–Crippen LogP) is 0.174. The number of amidine groups is 1. The van der Waals surface area contributed by atoms with Gasteiger partial charge in [-0.3, -0.25) is 4.68 Å². The lowest BCUT2D eigenvalue weighted by Gasteiger charge is -2.36. The van der Waals surface area contributed by atoms with Gasteiger partial charge in [0.25, 0.3) is 0 Å². The second kappa shape index (κ2) is 5.48. The van der Waals surface area contributed by atoms with Crippen LogP contribution in [0.5, 0.6) is 0 Å². The van der Waals surface area contributed by atoms with E-state index in [-0.39, 0.29) is 18.5 Å². The predicted molar refractivity (Wildman–Crippen MR) is 72.5 cm³/mol. The van der Waals surface area contributed by atoms with E-state index in [9.17, 15) is 5.11 Å². The molecule has 0 bridgehead atoms. The van der Waals surface area contributed by atoms with Crippen molar-refractivity contribution in [2.75, 3.05) is 18.1 Å². The SMILES string of the molecule is Cc1nn(C)c(N2CCCCC2CO)c1C(N)=NO. The number of aryl methyl sites for hydroxylation is 2. The third kappa shape index (κ3) is 2.37. The first-order valence-corrected chi connectivity index (χ1v) is 6.49. The topological polar surface area (TPSA) is 99.9 Å². The van der Waals surface area contributed by atoms with Crippen LogP contribution in [0.25, 0.3) is 0 Å². The highest BCUT2D eigenvalue weighted by atomic mass is 16.4. The van der Waals surface area contributed by atoms with Crippen LogP contribution in [-0.4, -0.2) is 45.1 Å². The molecule has 0 spiro atoms. The van der Waals surface area contributed by atoms with Gasteiger partial charge in [-0.25, -0.2) is 0 Å². The zero-order valence-electron chi connectivity index (χ0n) is 11.4. The summed E-state index contributed by atoms with van der Waals surface area (Å²) in [6.45, 7) is 2.77. The van der Waals surface area contributed by atoms with Gasteiger partial charge in [0.1, 0.15) is 5.82 Å². The van der Waals surface area contributed by atoms with E-state index in [1.807, 2.05) is 14.0 Å². The molecule has 0 amide bonds. The zero-order chi connectivity index (χ0) is 14.0. The molecule has 1 saturated heterocycles. The van der Waals surface area contributed by atoms with Gasteiger partial charge in [0.15, 0.2) is 5.84 Å². The molecule has 19 heavy (non-hydrogen) atoms. The van der Waals surface area contributed by atoms with Gasteiger partial charge in [-0.1, -0.05) is 5.16 Å². The van der Waals surface area contributed by atoms with Gasteiger partial charge >= 0.3 is 0 Å². The zero-order valence-corrected chi connectivity index (χ0v) is 11.4. The largest absolute Gasteiger partial charge is 0.409 e. The molecular weight excluding hydrogens is 246 g/mol. The third-order valence-corrected chi connectivity index (χ3v) is 3.67. The third-order valence-electron chi connectivity index (χ3n) is 3.67. The van der Waals surface area contributed by atoms with Crippen molar-refractivity contribution in [1.82, 2.24) is 9.78 Å². The van der Waals surface area contributed by atoms with E-state index < -0.39 is 0 Å². The number of aromatic nitrogens is 2. The lowest BCUT2D eigenvalue weighted by Crippen LogP contribution is -2.43. The summed E-state index contributed by atoms with van der Waals surface area (Å²) in [5.41, 5.74) is 7.12. The summed E-state index contributed by atoms with van der Waals surface area (Å²) in [5.74, 6) is 0.870. The Hall–Kier alpha value is -1.76. The average Bonchev–Trinajstić information content (AvgIpc) is 2.72. The van der Waals surface area contributed by atoms with E-state index in [1.54, 1.807) is 4.68 Å². The number of anilines is 1. The second-order valence-corrected chi connectivity index (χ2v) is 4.92. The Morgan fingerprint density at radius 1 is 1.53 bits per heavy atom. The minimum absolute atomic E-state index is 0.0582. The maximum atomic E-state index is 9.52. The molecule has 1 aliphatic rings. The van der Waals surface area contributed by atoms with Crippen LogP contribution in [0.1, 0.15) is 30.5 Å². The van der Waals surface area contributed by atoms with Crippen LogP contribution in [0.2, 0.25) is 0 Å². The lowest BCUT2D eigenvalue weighted by molar-refractivity contribution is 0.238. The summed E-state index contributed by atoms with van der Waals surface area (Å²) in [6.07, 6.45) is 3.12. The van der Waals surface area contributed by atoms with Crippen LogP contribution < -0.4 is 10.6 Å². The number of rotatable bonds is 3. The van der Waals surface area contributed by atoms with E-state index in [0.717, 1.165) is 37.3 Å². The minimum atomic E-state index is 0.0582. The Bertz CT molecular complexity index is 483. The Morgan fingerprint density at radius 2 is 2.26 bits per heavy atom. The Kier molecular flexibility index (Phi) is 3.94. The molecule has 1 aromatic heterocycles. The summed E-state index contributed by atoms with van der Waals surface area (Å²) in [5, 5.41) is 25.9. The van der Waals surface area contributed by atoms with E-state index in [2.05, 4.69) is 15.2 Å². The summed E-state index contributed by atoms with van der Waals surface area (Å²) in [7, 11) is 1.83. The first kappa shape index (κ1) is 13.7. The summed E-state index contributed by atoms with van der Waals surface area (Å²) in [4.78, 5) is 2.11. The monoisotopic (exact) mass is 267 g/mol. The molecule has 1 aliphatic heterocycles. The van der Waals surface area contributed by atoms with Crippen molar-refractivity contribution in [2.24, 2.45) is 17.9 Å². The van der Waals surface area contributed by atoms with Crippen LogP contribution in [0, 0.1) is 6.92 Å². The quantitative estimate of drug-likeness (QED) is 0.314.